The fourth-order valence-electron chi connectivity index (χ4n) is 4.57. The number of nitrogens with one attached hydrogen (secondary N) is 1. The molecule has 2 atom stereocenters. The molecule has 2 saturated heterocycles. The fourth-order valence-corrected chi connectivity index (χ4v) is 6.66. The van der Waals surface area contributed by atoms with Crippen LogP contribution < -0.4 is 10.2 Å². The zero-order chi connectivity index (χ0) is 20.3. The number of nitrogens with zero attached hydrogens (tertiary/aromatic N) is 2. The molecule has 0 radical (unpaired) electrons. The van der Waals surface area contributed by atoms with Gasteiger partial charge < -0.3 is 10.2 Å². The Labute approximate surface area is 163 Å². The quantitative estimate of drug-likeness (QED) is 0.796. The lowest BCUT2D eigenvalue weighted by Gasteiger charge is -2.48. The molecule has 3 aliphatic heterocycles. The highest BCUT2D eigenvalue weighted by molar-refractivity contribution is 7.91. The van der Waals surface area contributed by atoms with E-state index in [1.54, 1.807) is 43.0 Å². The van der Waals surface area contributed by atoms with E-state index in [0.717, 1.165) is 0 Å². The van der Waals surface area contributed by atoms with Crippen LogP contribution in [0.25, 0.3) is 0 Å². The number of sulfone groups is 1. The molecule has 1 aromatic rings. The number of rotatable bonds is 3. The van der Waals surface area contributed by atoms with Gasteiger partial charge in [-0.15, -0.1) is 0 Å². The monoisotopic (exact) mass is 405 g/mol. The summed E-state index contributed by atoms with van der Waals surface area (Å²) in [7, 11) is -3.17. The Bertz CT molecular complexity index is 991. The molecule has 1 N–H and O–H groups in total. The van der Waals surface area contributed by atoms with Gasteiger partial charge in [0.05, 0.1) is 28.3 Å². The molecule has 4 rings (SSSR count). The van der Waals surface area contributed by atoms with E-state index in [-0.39, 0.29) is 29.9 Å². The number of anilines is 1. The van der Waals surface area contributed by atoms with Crippen molar-refractivity contribution in [2.45, 2.75) is 44.3 Å². The van der Waals surface area contributed by atoms with Crippen molar-refractivity contribution < 1.29 is 22.8 Å². The van der Waals surface area contributed by atoms with E-state index in [4.69, 9.17) is 0 Å². The van der Waals surface area contributed by atoms with Crippen molar-refractivity contribution in [3.05, 3.63) is 29.8 Å². The first-order chi connectivity index (χ1) is 13.0. The molecule has 0 bridgehead atoms. The minimum absolute atomic E-state index is 0.0415. The van der Waals surface area contributed by atoms with Crippen LogP contribution in [0.3, 0.4) is 0 Å². The second-order valence-electron chi connectivity index (χ2n) is 8.31. The number of para-hydroxylation sites is 1. The Morgan fingerprint density at radius 1 is 1.18 bits per heavy atom. The Hall–Kier alpha value is -2.42. The first-order valence-electron chi connectivity index (χ1n) is 9.30. The second-order valence-corrected chi connectivity index (χ2v) is 10.5. The van der Waals surface area contributed by atoms with E-state index in [9.17, 15) is 22.8 Å². The van der Waals surface area contributed by atoms with Gasteiger partial charge in [-0.2, -0.15) is 0 Å². The fraction of sp³-hybridized carbons (Fsp3) is 0.526. The lowest BCUT2D eigenvalue weighted by molar-refractivity contribution is -0.125. The minimum Gasteiger partial charge on any atom is -0.348 e. The molecule has 0 aromatic heterocycles. The van der Waals surface area contributed by atoms with Crippen LogP contribution in [0.5, 0.6) is 0 Å². The van der Waals surface area contributed by atoms with E-state index in [2.05, 4.69) is 5.32 Å². The van der Waals surface area contributed by atoms with Crippen molar-refractivity contribution in [2.75, 3.05) is 23.0 Å². The topological polar surface area (TPSA) is 104 Å². The zero-order valence-corrected chi connectivity index (χ0v) is 16.7. The summed E-state index contributed by atoms with van der Waals surface area (Å²) in [5.41, 5.74) is -0.790. The van der Waals surface area contributed by atoms with Crippen molar-refractivity contribution in [3.8, 4) is 0 Å². The van der Waals surface area contributed by atoms with Crippen LogP contribution in [0.2, 0.25) is 0 Å². The van der Waals surface area contributed by atoms with Gasteiger partial charge in [-0.25, -0.2) is 8.42 Å². The molecular formula is C19H23N3O5S. The highest BCUT2D eigenvalue weighted by Crippen LogP contribution is 2.43. The lowest BCUT2D eigenvalue weighted by atomic mass is 9.98. The molecular weight excluding hydrogens is 382 g/mol. The average molecular weight is 405 g/mol. The Kier molecular flexibility index (Phi) is 4.08. The first-order valence-corrected chi connectivity index (χ1v) is 11.1. The number of hydrogen-bond donors (Lipinski definition) is 1. The van der Waals surface area contributed by atoms with Gasteiger partial charge in [0.25, 0.3) is 5.91 Å². The predicted octanol–water partition coefficient (Wildman–Crippen LogP) is 0.679. The zero-order valence-electron chi connectivity index (χ0n) is 15.9. The maximum absolute atomic E-state index is 13.1. The molecule has 2 fully saturated rings. The second kappa shape index (κ2) is 6.04. The Morgan fingerprint density at radius 2 is 1.89 bits per heavy atom. The molecule has 3 amide bonds. The van der Waals surface area contributed by atoms with Crippen LogP contribution in [0.15, 0.2) is 24.3 Å². The van der Waals surface area contributed by atoms with Gasteiger partial charge in [0.15, 0.2) is 9.84 Å². The van der Waals surface area contributed by atoms with E-state index >= 15 is 0 Å². The van der Waals surface area contributed by atoms with Crippen molar-refractivity contribution >= 4 is 33.2 Å². The van der Waals surface area contributed by atoms with Gasteiger partial charge in [0.1, 0.15) is 12.2 Å². The van der Waals surface area contributed by atoms with Crippen LogP contribution in [0, 0.1) is 0 Å². The third kappa shape index (κ3) is 2.88. The normalized spacial score (nSPS) is 30.9. The third-order valence-corrected chi connectivity index (χ3v) is 7.89. The number of carbonyl (C=O) groups is 3. The lowest BCUT2D eigenvalue weighted by Crippen LogP contribution is -2.64. The van der Waals surface area contributed by atoms with E-state index in [1.807, 2.05) is 0 Å². The molecule has 3 aliphatic rings. The molecule has 9 heteroatoms. The molecule has 150 valence electrons. The standard InChI is InChI=1S/C19H23N3O5S/c1-18(9-10-28(26,27)12-18)20-15(23)11-21-17(25)13-5-3-4-6-14(13)22-16(24)7-8-19(21,22)2/h3-6H,7-12H2,1-2H3,(H,20,23)/t18-,19+/m0/s1. The Morgan fingerprint density at radius 3 is 2.57 bits per heavy atom. The molecule has 1 aromatic carbocycles. The van der Waals surface area contributed by atoms with Gasteiger partial charge >= 0.3 is 0 Å². The first kappa shape index (κ1) is 18.9. The number of hydrogen-bond acceptors (Lipinski definition) is 5. The summed E-state index contributed by atoms with van der Waals surface area (Å²) in [6, 6.07) is 6.90. The summed E-state index contributed by atoms with van der Waals surface area (Å²) in [5, 5.41) is 2.80. The van der Waals surface area contributed by atoms with Gasteiger partial charge in [-0.05, 0) is 38.8 Å². The molecule has 0 saturated carbocycles. The molecule has 0 aliphatic carbocycles. The van der Waals surface area contributed by atoms with Crippen molar-refractivity contribution in [1.29, 1.82) is 0 Å². The Balaban J connectivity index is 1.62. The minimum atomic E-state index is -3.17. The van der Waals surface area contributed by atoms with Gasteiger partial charge in [0.2, 0.25) is 11.8 Å². The van der Waals surface area contributed by atoms with Crippen LogP contribution in [-0.2, 0) is 19.4 Å². The smallest absolute Gasteiger partial charge is 0.258 e. The van der Waals surface area contributed by atoms with Gasteiger partial charge in [-0.1, -0.05) is 12.1 Å². The molecule has 28 heavy (non-hydrogen) atoms. The summed E-state index contributed by atoms with van der Waals surface area (Å²) >= 11 is 0. The number of fused-ring (bicyclic) bond motifs is 3. The van der Waals surface area contributed by atoms with Crippen LogP contribution >= 0.6 is 0 Å². The van der Waals surface area contributed by atoms with Gasteiger partial charge in [-0.3, -0.25) is 19.3 Å². The summed E-state index contributed by atoms with van der Waals surface area (Å²) in [6.45, 7) is 3.26. The van der Waals surface area contributed by atoms with Crippen LogP contribution in [0.4, 0.5) is 5.69 Å². The summed E-state index contributed by atoms with van der Waals surface area (Å²) in [6.07, 6.45) is 1.08. The van der Waals surface area contributed by atoms with Crippen molar-refractivity contribution in [2.24, 2.45) is 0 Å². The summed E-state index contributed by atoms with van der Waals surface area (Å²) in [5.74, 6) is -0.873. The van der Waals surface area contributed by atoms with E-state index < -0.39 is 26.9 Å². The SMILES string of the molecule is C[C@]1(NC(=O)CN2C(=O)c3ccccc3N3C(=O)CC[C@]23C)CCS(=O)(=O)C1. The van der Waals surface area contributed by atoms with Gasteiger partial charge in [0, 0.05) is 6.42 Å². The number of carbonyl (C=O) groups excluding carboxylic acids is 3. The number of amides is 3. The molecule has 0 spiro atoms. The highest BCUT2D eigenvalue weighted by atomic mass is 32.2. The molecule has 0 unspecified atom stereocenters. The van der Waals surface area contributed by atoms with E-state index in [1.165, 1.54) is 4.90 Å². The number of benzene rings is 1. The summed E-state index contributed by atoms with van der Waals surface area (Å²) in [4.78, 5) is 41.5. The van der Waals surface area contributed by atoms with Crippen LogP contribution in [0.1, 0.15) is 43.5 Å². The highest BCUT2D eigenvalue weighted by Gasteiger charge is 2.53. The summed E-state index contributed by atoms with van der Waals surface area (Å²) < 4.78 is 23.6. The van der Waals surface area contributed by atoms with E-state index in [0.29, 0.717) is 30.5 Å². The van der Waals surface area contributed by atoms with Crippen LogP contribution in [-0.4, -0.2) is 60.3 Å². The predicted molar refractivity (Wildman–Crippen MR) is 102 cm³/mol. The third-order valence-electron chi connectivity index (χ3n) is 5.99. The maximum atomic E-state index is 13.1. The van der Waals surface area contributed by atoms with Crippen molar-refractivity contribution in [1.82, 2.24) is 10.2 Å². The molecule has 3 heterocycles. The largest absolute Gasteiger partial charge is 0.348 e. The average Bonchev–Trinajstić information content (AvgIpc) is 3.07. The van der Waals surface area contributed by atoms with Crippen molar-refractivity contribution in [3.63, 3.8) is 0 Å². The molecule has 8 nitrogen and oxygen atoms in total. The maximum Gasteiger partial charge on any atom is 0.258 e.